The summed E-state index contributed by atoms with van der Waals surface area (Å²) in [7, 11) is 0. The van der Waals surface area contributed by atoms with E-state index in [0.29, 0.717) is 16.3 Å². The van der Waals surface area contributed by atoms with Gasteiger partial charge in [0.25, 0.3) is 5.91 Å². The molecule has 0 bridgehead atoms. The summed E-state index contributed by atoms with van der Waals surface area (Å²) in [5.41, 5.74) is 1.71. The van der Waals surface area contributed by atoms with Gasteiger partial charge < -0.3 is 10.1 Å². The van der Waals surface area contributed by atoms with Crippen LogP contribution in [0, 0.1) is 0 Å². The lowest BCUT2D eigenvalue weighted by molar-refractivity contribution is 0.103. The molecular weight excluding hydrogens is 356 g/mol. The second kappa shape index (κ2) is 7.85. The molecule has 0 aliphatic heterocycles. The van der Waals surface area contributed by atoms with E-state index in [4.69, 9.17) is 4.74 Å². The lowest BCUT2D eigenvalue weighted by Gasteiger charge is -2.07. The van der Waals surface area contributed by atoms with E-state index in [0.717, 1.165) is 16.3 Å². The lowest BCUT2D eigenvalue weighted by atomic mass is 10.2. The van der Waals surface area contributed by atoms with Gasteiger partial charge in [0.1, 0.15) is 21.4 Å². The fourth-order valence-electron chi connectivity index (χ4n) is 2.52. The average molecular weight is 372 g/mol. The number of thiazole rings is 1. The third kappa shape index (κ3) is 4.22. The van der Waals surface area contributed by atoms with Crippen molar-refractivity contribution >= 4 is 22.9 Å². The number of para-hydroxylation sites is 1. The zero-order chi connectivity index (χ0) is 18.5. The van der Waals surface area contributed by atoms with Crippen molar-refractivity contribution in [3.8, 4) is 22.1 Å². The van der Waals surface area contributed by atoms with Gasteiger partial charge in [-0.3, -0.25) is 4.79 Å². The third-order valence-electron chi connectivity index (χ3n) is 3.84. The highest BCUT2D eigenvalue weighted by atomic mass is 32.1. The van der Waals surface area contributed by atoms with Crippen molar-refractivity contribution in [2.45, 2.75) is 0 Å². The summed E-state index contributed by atoms with van der Waals surface area (Å²) in [5.74, 6) is 1.31. The maximum Gasteiger partial charge on any atom is 0.267 e. The molecule has 27 heavy (non-hydrogen) atoms. The maximum absolute atomic E-state index is 12.5. The van der Waals surface area contributed by atoms with Crippen molar-refractivity contribution in [1.29, 1.82) is 0 Å². The molecule has 4 rings (SSSR count). The Kier molecular flexibility index (Phi) is 4.94. The van der Waals surface area contributed by atoms with Crippen LogP contribution in [0.25, 0.3) is 10.6 Å². The number of aromatic nitrogens is 1. The van der Waals surface area contributed by atoms with Crippen molar-refractivity contribution < 1.29 is 9.53 Å². The van der Waals surface area contributed by atoms with Gasteiger partial charge in [0, 0.05) is 11.3 Å². The molecule has 1 amide bonds. The summed E-state index contributed by atoms with van der Waals surface area (Å²) < 4.78 is 5.75. The molecule has 0 saturated carbocycles. The summed E-state index contributed by atoms with van der Waals surface area (Å²) >= 11 is 1.37. The van der Waals surface area contributed by atoms with E-state index in [1.807, 2.05) is 84.9 Å². The molecule has 1 N–H and O–H groups in total. The van der Waals surface area contributed by atoms with Gasteiger partial charge in [-0.05, 0) is 36.4 Å². The second-order valence-corrected chi connectivity index (χ2v) is 6.82. The molecule has 0 radical (unpaired) electrons. The molecule has 132 valence electrons. The quantitative estimate of drug-likeness (QED) is 0.478. The Balaban J connectivity index is 1.42. The fraction of sp³-hybridized carbons (Fsp3) is 0. The van der Waals surface area contributed by atoms with E-state index < -0.39 is 0 Å². The van der Waals surface area contributed by atoms with Crippen LogP contribution >= 0.6 is 11.3 Å². The van der Waals surface area contributed by atoms with Crippen molar-refractivity contribution in [3.63, 3.8) is 0 Å². The van der Waals surface area contributed by atoms with E-state index >= 15 is 0 Å². The van der Waals surface area contributed by atoms with E-state index in [9.17, 15) is 4.79 Å². The highest BCUT2D eigenvalue weighted by molar-refractivity contribution is 7.17. The number of hydrogen-bond donors (Lipinski definition) is 1. The standard InChI is InChI=1S/C22H16N2O2S/c25-21(20-15-23-22(27-20)16-7-3-1-4-8-16)24-17-11-13-19(14-12-17)26-18-9-5-2-6-10-18/h1-15H,(H,24,25). The summed E-state index contributed by atoms with van der Waals surface area (Å²) in [5, 5.41) is 3.72. The van der Waals surface area contributed by atoms with Crippen LogP contribution in [0.15, 0.2) is 91.1 Å². The van der Waals surface area contributed by atoms with Gasteiger partial charge in [-0.15, -0.1) is 11.3 Å². The Morgan fingerprint density at radius 1 is 0.815 bits per heavy atom. The number of nitrogens with one attached hydrogen (secondary N) is 1. The SMILES string of the molecule is O=C(Nc1ccc(Oc2ccccc2)cc1)c1cnc(-c2ccccc2)s1. The summed E-state index contributed by atoms with van der Waals surface area (Å²) in [6, 6.07) is 26.7. The predicted molar refractivity (Wildman–Crippen MR) is 108 cm³/mol. The fourth-order valence-corrected chi connectivity index (χ4v) is 3.33. The molecule has 0 aliphatic carbocycles. The van der Waals surface area contributed by atoms with Gasteiger partial charge in [-0.2, -0.15) is 0 Å². The van der Waals surface area contributed by atoms with Crippen molar-refractivity contribution in [1.82, 2.24) is 4.98 Å². The van der Waals surface area contributed by atoms with Crippen molar-refractivity contribution in [3.05, 3.63) is 96.0 Å². The minimum atomic E-state index is -0.175. The zero-order valence-corrected chi connectivity index (χ0v) is 15.1. The van der Waals surface area contributed by atoms with Crippen LogP contribution in [0.2, 0.25) is 0 Å². The number of amides is 1. The largest absolute Gasteiger partial charge is 0.457 e. The van der Waals surface area contributed by atoms with Crippen LogP contribution in [-0.2, 0) is 0 Å². The normalized spacial score (nSPS) is 10.4. The molecule has 4 nitrogen and oxygen atoms in total. The minimum Gasteiger partial charge on any atom is -0.457 e. The summed E-state index contributed by atoms with van der Waals surface area (Å²) in [6.07, 6.45) is 1.61. The molecule has 0 saturated heterocycles. The smallest absolute Gasteiger partial charge is 0.267 e. The van der Waals surface area contributed by atoms with Crippen LogP contribution in [0.4, 0.5) is 5.69 Å². The highest BCUT2D eigenvalue weighted by Gasteiger charge is 2.12. The molecule has 3 aromatic carbocycles. The highest BCUT2D eigenvalue weighted by Crippen LogP contribution is 2.26. The van der Waals surface area contributed by atoms with Crippen LogP contribution in [0.5, 0.6) is 11.5 Å². The monoisotopic (exact) mass is 372 g/mol. The molecule has 0 spiro atoms. The summed E-state index contributed by atoms with van der Waals surface area (Å²) in [6.45, 7) is 0. The van der Waals surface area contributed by atoms with Crippen LogP contribution in [-0.4, -0.2) is 10.9 Å². The first kappa shape index (κ1) is 17.0. The number of ether oxygens (including phenoxy) is 1. The van der Waals surface area contributed by atoms with Crippen molar-refractivity contribution in [2.75, 3.05) is 5.32 Å². The lowest BCUT2D eigenvalue weighted by Crippen LogP contribution is -2.09. The first-order valence-electron chi connectivity index (χ1n) is 8.43. The number of carbonyl (C=O) groups excluding carboxylic acids is 1. The maximum atomic E-state index is 12.5. The number of rotatable bonds is 5. The molecular formula is C22H16N2O2S. The number of nitrogens with zero attached hydrogens (tertiary/aromatic N) is 1. The van der Waals surface area contributed by atoms with Gasteiger partial charge in [0.05, 0.1) is 6.20 Å². The molecule has 1 aromatic heterocycles. The molecule has 1 heterocycles. The van der Waals surface area contributed by atoms with E-state index in [1.54, 1.807) is 6.20 Å². The van der Waals surface area contributed by atoms with E-state index in [-0.39, 0.29) is 5.91 Å². The molecule has 5 heteroatoms. The topological polar surface area (TPSA) is 51.2 Å². The predicted octanol–water partition coefficient (Wildman–Crippen LogP) is 5.85. The molecule has 0 aliphatic rings. The first-order chi connectivity index (χ1) is 13.3. The summed E-state index contributed by atoms with van der Waals surface area (Å²) in [4.78, 5) is 17.4. The Labute approximate surface area is 161 Å². The van der Waals surface area contributed by atoms with Crippen molar-refractivity contribution in [2.24, 2.45) is 0 Å². The van der Waals surface area contributed by atoms with Crippen LogP contribution in [0.1, 0.15) is 9.67 Å². The Morgan fingerprint density at radius 3 is 2.15 bits per heavy atom. The minimum absolute atomic E-state index is 0.175. The Bertz CT molecular complexity index is 1030. The molecule has 4 aromatic rings. The third-order valence-corrected chi connectivity index (χ3v) is 4.89. The van der Waals surface area contributed by atoms with E-state index in [2.05, 4.69) is 10.3 Å². The molecule has 0 fully saturated rings. The van der Waals surface area contributed by atoms with Gasteiger partial charge in [0.2, 0.25) is 0 Å². The Hall–Kier alpha value is -3.44. The number of anilines is 1. The molecule has 0 atom stereocenters. The number of carbonyl (C=O) groups is 1. The average Bonchev–Trinajstić information content (AvgIpc) is 3.21. The van der Waals surface area contributed by atoms with Gasteiger partial charge in [0.15, 0.2) is 0 Å². The molecule has 0 unspecified atom stereocenters. The Morgan fingerprint density at radius 2 is 1.44 bits per heavy atom. The number of benzene rings is 3. The van der Waals surface area contributed by atoms with Gasteiger partial charge in [-0.1, -0.05) is 48.5 Å². The van der Waals surface area contributed by atoms with Gasteiger partial charge in [-0.25, -0.2) is 4.98 Å². The first-order valence-corrected chi connectivity index (χ1v) is 9.25. The van der Waals surface area contributed by atoms with Crippen LogP contribution in [0.3, 0.4) is 0 Å². The second-order valence-electron chi connectivity index (χ2n) is 5.79. The zero-order valence-electron chi connectivity index (χ0n) is 14.3. The number of hydrogen-bond acceptors (Lipinski definition) is 4. The van der Waals surface area contributed by atoms with Gasteiger partial charge >= 0.3 is 0 Å². The van der Waals surface area contributed by atoms with E-state index in [1.165, 1.54) is 11.3 Å². The van der Waals surface area contributed by atoms with Crippen LogP contribution < -0.4 is 10.1 Å².